The number of hydrogen-bond acceptors (Lipinski definition) is 4. The molecule has 0 aliphatic rings. The molecule has 0 fully saturated rings. The quantitative estimate of drug-likeness (QED) is 0.200. The molecule has 0 spiro atoms. The van der Waals surface area contributed by atoms with Crippen LogP contribution in [-0.2, 0) is 12.4 Å². The molecule has 0 saturated heterocycles. The molecule has 1 amide bonds. The number of carbonyl (C=O) groups excluding carboxylic acids is 1. The second-order valence-corrected chi connectivity index (χ2v) is 9.36. The summed E-state index contributed by atoms with van der Waals surface area (Å²) in [5.74, 6) is -0.419. The molecule has 1 unspecified atom stereocenters. The fourth-order valence-corrected chi connectivity index (χ4v) is 4.77. The molecule has 0 aliphatic heterocycles. The van der Waals surface area contributed by atoms with Gasteiger partial charge in [0.15, 0.2) is 0 Å². The van der Waals surface area contributed by atoms with E-state index in [1.165, 1.54) is 4.57 Å². The van der Waals surface area contributed by atoms with E-state index in [4.69, 9.17) is 4.74 Å². The third kappa shape index (κ3) is 6.12. The van der Waals surface area contributed by atoms with Crippen molar-refractivity contribution < 1.29 is 35.9 Å². The summed E-state index contributed by atoms with van der Waals surface area (Å²) >= 11 is 0. The van der Waals surface area contributed by atoms with Gasteiger partial charge in [0.25, 0.3) is 11.5 Å². The Morgan fingerprint density at radius 1 is 0.905 bits per heavy atom. The largest absolute Gasteiger partial charge is 0.494 e. The summed E-state index contributed by atoms with van der Waals surface area (Å²) in [6.45, 7) is 5.35. The first-order valence-corrected chi connectivity index (χ1v) is 13.2. The lowest BCUT2D eigenvalue weighted by atomic mass is 10.0. The zero-order valence-corrected chi connectivity index (χ0v) is 22.9. The van der Waals surface area contributed by atoms with E-state index in [1.807, 2.05) is 6.92 Å². The number of halogens is 6. The number of carbonyl (C=O) groups is 1. The van der Waals surface area contributed by atoms with E-state index in [0.717, 1.165) is 4.90 Å². The zero-order valence-electron chi connectivity index (χ0n) is 22.9. The number of alkyl halides is 6. The molecule has 0 aliphatic carbocycles. The second-order valence-electron chi connectivity index (χ2n) is 9.36. The highest BCUT2D eigenvalue weighted by Gasteiger charge is 2.38. The number of rotatable bonds is 8. The Bertz CT molecular complexity index is 1610. The van der Waals surface area contributed by atoms with E-state index in [9.17, 15) is 35.9 Å². The van der Waals surface area contributed by atoms with Gasteiger partial charge < -0.3 is 9.64 Å². The van der Waals surface area contributed by atoms with Crippen molar-refractivity contribution in [1.82, 2.24) is 14.5 Å². The fourth-order valence-electron chi connectivity index (χ4n) is 4.77. The molecule has 0 radical (unpaired) electrons. The van der Waals surface area contributed by atoms with Crippen LogP contribution in [0.1, 0.15) is 60.5 Å². The van der Waals surface area contributed by atoms with Gasteiger partial charge in [-0.25, -0.2) is 4.98 Å². The van der Waals surface area contributed by atoms with Crippen molar-refractivity contribution in [2.24, 2.45) is 0 Å². The Kier molecular flexibility index (Phi) is 8.65. The van der Waals surface area contributed by atoms with Gasteiger partial charge in [-0.05, 0) is 74.9 Å². The van der Waals surface area contributed by atoms with E-state index in [1.54, 1.807) is 62.4 Å². The maximum Gasteiger partial charge on any atom is 0.416 e. The van der Waals surface area contributed by atoms with Crippen molar-refractivity contribution in [1.29, 1.82) is 0 Å². The Morgan fingerprint density at radius 3 is 2.02 bits per heavy atom. The second kappa shape index (κ2) is 11.9. The highest BCUT2D eigenvalue weighted by atomic mass is 19.4. The van der Waals surface area contributed by atoms with Gasteiger partial charge in [0.2, 0.25) is 0 Å². The van der Waals surface area contributed by atoms with Crippen LogP contribution in [0.4, 0.5) is 26.3 Å². The van der Waals surface area contributed by atoms with Crippen LogP contribution in [0, 0.1) is 0 Å². The average molecular weight is 592 g/mol. The van der Waals surface area contributed by atoms with E-state index in [0.29, 0.717) is 35.7 Å². The summed E-state index contributed by atoms with van der Waals surface area (Å²) < 4.78 is 88.0. The lowest BCUT2D eigenvalue weighted by molar-refractivity contribution is -0.143. The van der Waals surface area contributed by atoms with Crippen LogP contribution in [0.15, 0.2) is 71.5 Å². The first-order valence-electron chi connectivity index (χ1n) is 13.2. The smallest absolute Gasteiger partial charge is 0.416 e. The SMILES string of the molecule is CCOc1ccc(-n2c(C(CC)N(CC)C(=O)c3cc(C(F)(F)F)cc(C(F)(F)F)c3)nc3ccccc3c2=O)cc1. The number of para-hydroxylation sites is 1. The van der Waals surface area contributed by atoms with Crippen LogP contribution < -0.4 is 10.3 Å². The summed E-state index contributed by atoms with van der Waals surface area (Å²) in [6.07, 6.45) is -10.1. The summed E-state index contributed by atoms with van der Waals surface area (Å²) in [5.41, 5.74) is -3.73. The molecule has 1 aromatic heterocycles. The minimum atomic E-state index is -5.12. The molecule has 12 heteroatoms. The third-order valence-electron chi connectivity index (χ3n) is 6.70. The number of ether oxygens (including phenoxy) is 1. The first-order chi connectivity index (χ1) is 19.8. The minimum Gasteiger partial charge on any atom is -0.494 e. The molecule has 1 heterocycles. The summed E-state index contributed by atoms with van der Waals surface area (Å²) in [5, 5.41) is 0.284. The van der Waals surface area contributed by atoms with E-state index in [-0.39, 0.29) is 30.2 Å². The van der Waals surface area contributed by atoms with Crippen LogP contribution in [0.2, 0.25) is 0 Å². The Morgan fingerprint density at radius 2 is 1.50 bits per heavy atom. The van der Waals surface area contributed by atoms with Crippen molar-refractivity contribution in [3.8, 4) is 11.4 Å². The summed E-state index contributed by atoms with van der Waals surface area (Å²) in [7, 11) is 0. The minimum absolute atomic E-state index is 0.0289. The number of fused-ring (bicyclic) bond motifs is 1. The number of nitrogens with zero attached hydrogens (tertiary/aromatic N) is 3. The molecule has 4 aromatic rings. The van der Waals surface area contributed by atoms with Crippen LogP contribution in [-0.4, -0.2) is 33.5 Å². The molecular formula is C30H27F6N3O3. The van der Waals surface area contributed by atoms with Crippen molar-refractivity contribution in [2.75, 3.05) is 13.2 Å². The number of amides is 1. The van der Waals surface area contributed by atoms with E-state index >= 15 is 0 Å². The topological polar surface area (TPSA) is 64.4 Å². The highest BCUT2D eigenvalue weighted by Crippen LogP contribution is 2.37. The normalized spacial score (nSPS) is 12.8. The van der Waals surface area contributed by atoms with Crippen molar-refractivity contribution in [2.45, 2.75) is 45.6 Å². The number of hydrogen-bond donors (Lipinski definition) is 0. The van der Waals surface area contributed by atoms with Gasteiger partial charge in [0.1, 0.15) is 11.6 Å². The van der Waals surface area contributed by atoms with Gasteiger partial charge in [0.05, 0.1) is 40.4 Å². The monoisotopic (exact) mass is 591 g/mol. The number of benzene rings is 3. The fraction of sp³-hybridized carbons (Fsp3) is 0.300. The lowest BCUT2D eigenvalue weighted by Gasteiger charge is -2.32. The highest BCUT2D eigenvalue weighted by molar-refractivity contribution is 5.95. The van der Waals surface area contributed by atoms with E-state index < -0.39 is 46.6 Å². The summed E-state index contributed by atoms with van der Waals surface area (Å²) in [4.78, 5) is 33.3. The molecule has 42 heavy (non-hydrogen) atoms. The molecule has 0 bridgehead atoms. The first kappa shape index (κ1) is 30.6. The third-order valence-corrected chi connectivity index (χ3v) is 6.70. The Hall–Kier alpha value is -4.35. The van der Waals surface area contributed by atoms with Crippen molar-refractivity contribution >= 4 is 16.8 Å². The van der Waals surface area contributed by atoms with Gasteiger partial charge >= 0.3 is 12.4 Å². The van der Waals surface area contributed by atoms with Crippen LogP contribution in [0.3, 0.4) is 0 Å². The van der Waals surface area contributed by atoms with Gasteiger partial charge in [-0.2, -0.15) is 26.3 Å². The van der Waals surface area contributed by atoms with Crippen molar-refractivity contribution in [3.63, 3.8) is 0 Å². The zero-order chi connectivity index (χ0) is 30.8. The molecule has 6 nitrogen and oxygen atoms in total. The molecule has 1 atom stereocenters. The van der Waals surface area contributed by atoms with Gasteiger partial charge in [0, 0.05) is 12.1 Å². The molecule has 0 saturated carbocycles. The average Bonchev–Trinajstić information content (AvgIpc) is 2.95. The molecule has 3 aromatic carbocycles. The maximum atomic E-state index is 13.8. The Balaban J connectivity index is 1.91. The standard InChI is InChI=1S/C30H27F6N3O3/c1-4-25(38(5-2)27(40)18-15-19(29(31,32)33)17-20(16-18)30(34,35)36)26-37-24-10-8-7-9-23(24)28(41)39(26)21-11-13-22(14-12-21)42-6-3/h7-17,25H,4-6H2,1-3H3. The molecule has 0 N–H and O–H groups in total. The summed E-state index contributed by atoms with van der Waals surface area (Å²) in [6, 6.07) is 12.9. The molecular weight excluding hydrogens is 564 g/mol. The lowest BCUT2D eigenvalue weighted by Crippen LogP contribution is -2.38. The van der Waals surface area contributed by atoms with Crippen molar-refractivity contribution in [3.05, 3.63) is 99.6 Å². The maximum absolute atomic E-state index is 13.8. The Labute approximate surface area is 237 Å². The van der Waals surface area contributed by atoms with Gasteiger partial charge in [-0.15, -0.1) is 0 Å². The number of aromatic nitrogens is 2. The predicted molar refractivity (Wildman–Crippen MR) is 145 cm³/mol. The van der Waals surface area contributed by atoms with E-state index in [2.05, 4.69) is 4.98 Å². The van der Waals surface area contributed by atoms with Crippen LogP contribution >= 0.6 is 0 Å². The van der Waals surface area contributed by atoms with Crippen LogP contribution in [0.25, 0.3) is 16.6 Å². The van der Waals surface area contributed by atoms with Crippen LogP contribution in [0.5, 0.6) is 5.75 Å². The molecule has 222 valence electrons. The molecule has 4 rings (SSSR count). The van der Waals surface area contributed by atoms with Gasteiger partial charge in [-0.1, -0.05) is 19.1 Å². The predicted octanol–water partition coefficient (Wildman–Crippen LogP) is 7.44. The van der Waals surface area contributed by atoms with Gasteiger partial charge in [-0.3, -0.25) is 14.2 Å².